The lowest BCUT2D eigenvalue weighted by Gasteiger charge is -2.37. The van der Waals surface area contributed by atoms with Gasteiger partial charge in [-0.2, -0.15) is 0 Å². The van der Waals surface area contributed by atoms with Crippen molar-refractivity contribution in [3.63, 3.8) is 0 Å². The van der Waals surface area contributed by atoms with Gasteiger partial charge in [0.15, 0.2) is 0 Å². The first-order valence-electron chi connectivity index (χ1n) is 8.33. The molecule has 1 aromatic rings. The van der Waals surface area contributed by atoms with Gasteiger partial charge in [-0.3, -0.25) is 14.5 Å². The molecule has 2 amide bonds. The highest BCUT2D eigenvalue weighted by molar-refractivity contribution is 6.06. The minimum absolute atomic E-state index is 0.0537. The quantitative estimate of drug-likeness (QED) is 0.633. The molecule has 3 heteroatoms. The second kappa shape index (κ2) is 4.31. The van der Waals surface area contributed by atoms with E-state index in [1.54, 1.807) is 4.90 Å². The zero-order valence-corrected chi connectivity index (χ0v) is 12.4. The monoisotopic (exact) mass is 293 g/mol. The lowest BCUT2D eigenvalue weighted by atomic mass is 9.63. The molecule has 5 aliphatic rings. The lowest BCUT2D eigenvalue weighted by molar-refractivity contribution is -0.140. The molecule has 112 valence electrons. The van der Waals surface area contributed by atoms with E-state index in [1.807, 2.05) is 18.2 Å². The second-order valence-corrected chi connectivity index (χ2v) is 7.22. The maximum Gasteiger partial charge on any atom is 0.233 e. The van der Waals surface area contributed by atoms with Gasteiger partial charge in [-0.05, 0) is 42.1 Å². The Labute approximate surface area is 130 Å². The molecule has 0 aromatic heterocycles. The Morgan fingerprint density at radius 2 is 1.50 bits per heavy atom. The van der Waals surface area contributed by atoms with Crippen LogP contribution in [0.1, 0.15) is 12.0 Å². The SMILES string of the molecule is O=C1[C@@H]2[C@@H]3C=C[C@H]([C@H]4C[C@@H]34)[C@@H]2C(=O)N1CCc1ccccc1. The van der Waals surface area contributed by atoms with Crippen LogP contribution in [-0.4, -0.2) is 23.3 Å². The molecule has 22 heavy (non-hydrogen) atoms. The number of rotatable bonds is 3. The van der Waals surface area contributed by atoms with Crippen molar-refractivity contribution in [2.45, 2.75) is 12.8 Å². The Kier molecular flexibility index (Phi) is 2.47. The van der Waals surface area contributed by atoms with Crippen molar-refractivity contribution < 1.29 is 9.59 Å². The minimum Gasteiger partial charge on any atom is -0.282 e. The molecule has 1 heterocycles. The summed E-state index contributed by atoms with van der Waals surface area (Å²) in [5.74, 6) is 2.11. The predicted octanol–water partition coefficient (Wildman–Crippen LogP) is 2.28. The van der Waals surface area contributed by atoms with Crippen molar-refractivity contribution in [1.29, 1.82) is 0 Å². The van der Waals surface area contributed by atoms with Gasteiger partial charge in [0.1, 0.15) is 0 Å². The number of nitrogens with zero attached hydrogens (tertiary/aromatic N) is 1. The maximum atomic E-state index is 12.8. The number of hydrogen-bond donors (Lipinski definition) is 0. The number of allylic oxidation sites excluding steroid dienone is 2. The molecular formula is C19H19NO2. The van der Waals surface area contributed by atoms with Crippen LogP contribution >= 0.6 is 0 Å². The third-order valence-electron chi connectivity index (χ3n) is 6.22. The molecule has 0 spiro atoms. The van der Waals surface area contributed by atoms with Gasteiger partial charge in [0, 0.05) is 6.54 Å². The molecule has 0 unspecified atom stereocenters. The lowest BCUT2D eigenvalue weighted by Crippen LogP contribution is -2.40. The molecule has 1 saturated heterocycles. The summed E-state index contributed by atoms with van der Waals surface area (Å²) in [6.45, 7) is 0.531. The predicted molar refractivity (Wildman–Crippen MR) is 81.6 cm³/mol. The van der Waals surface area contributed by atoms with Gasteiger partial charge in [-0.15, -0.1) is 0 Å². The first-order chi connectivity index (χ1) is 10.8. The smallest absolute Gasteiger partial charge is 0.233 e. The van der Waals surface area contributed by atoms with Gasteiger partial charge in [-0.1, -0.05) is 42.5 Å². The summed E-state index contributed by atoms with van der Waals surface area (Å²) in [7, 11) is 0. The summed E-state index contributed by atoms with van der Waals surface area (Å²) in [6.07, 6.45) is 6.44. The van der Waals surface area contributed by atoms with Crippen LogP contribution in [0.15, 0.2) is 42.5 Å². The normalized spacial score (nSPS) is 40.8. The third kappa shape index (κ3) is 1.57. The maximum absolute atomic E-state index is 12.8. The van der Waals surface area contributed by atoms with Crippen LogP contribution in [0, 0.1) is 35.5 Å². The summed E-state index contributed by atoms with van der Waals surface area (Å²) in [6, 6.07) is 10.1. The van der Waals surface area contributed by atoms with Crippen molar-refractivity contribution >= 4 is 11.8 Å². The number of benzene rings is 1. The Bertz CT molecular complexity index is 644. The number of carbonyl (C=O) groups excluding carboxylic acids is 2. The molecule has 1 aromatic carbocycles. The number of likely N-dealkylation sites (tertiary alicyclic amines) is 1. The Balaban J connectivity index is 1.38. The van der Waals surface area contributed by atoms with E-state index in [0.29, 0.717) is 30.2 Å². The van der Waals surface area contributed by atoms with E-state index in [-0.39, 0.29) is 23.7 Å². The van der Waals surface area contributed by atoms with Crippen molar-refractivity contribution in [3.05, 3.63) is 48.0 Å². The molecule has 0 radical (unpaired) electrons. The molecule has 2 saturated carbocycles. The summed E-state index contributed by atoms with van der Waals surface area (Å²) in [4.78, 5) is 27.1. The zero-order chi connectivity index (χ0) is 14.8. The van der Waals surface area contributed by atoms with Crippen molar-refractivity contribution in [1.82, 2.24) is 4.90 Å². The third-order valence-corrected chi connectivity index (χ3v) is 6.22. The van der Waals surface area contributed by atoms with E-state index in [2.05, 4.69) is 24.3 Å². The second-order valence-electron chi connectivity index (χ2n) is 7.22. The van der Waals surface area contributed by atoms with E-state index in [4.69, 9.17) is 0 Å². The number of imide groups is 1. The molecular weight excluding hydrogens is 274 g/mol. The highest BCUT2D eigenvalue weighted by Gasteiger charge is 2.66. The molecule has 3 fully saturated rings. The fraction of sp³-hybridized carbons (Fsp3) is 0.474. The van der Waals surface area contributed by atoms with Gasteiger partial charge in [0.05, 0.1) is 11.8 Å². The summed E-state index contributed by atoms with van der Waals surface area (Å²) >= 11 is 0. The van der Waals surface area contributed by atoms with Crippen LogP contribution in [0.4, 0.5) is 0 Å². The van der Waals surface area contributed by atoms with Crippen LogP contribution in [0.25, 0.3) is 0 Å². The first-order valence-corrected chi connectivity index (χ1v) is 8.33. The van der Waals surface area contributed by atoms with E-state index in [0.717, 1.165) is 6.42 Å². The highest BCUT2D eigenvalue weighted by Crippen LogP contribution is 2.65. The van der Waals surface area contributed by atoms with Crippen molar-refractivity contribution in [2.24, 2.45) is 35.5 Å². The van der Waals surface area contributed by atoms with E-state index >= 15 is 0 Å². The van der Waals surface area contributed by atoms with Crippen LogP contribution in [-0.2, 0) is 16.0 Å². The molecule has 1 aliphatic heterocycles. The zero-order valence-electron chi connectivity index (χ0n) is 12.4. The average Bonchev–Trinajstić information content (AvgIpc) is 3.33. The molecule has 2 bridgehead atoms. The molecule has 6 atom stereocenters. The molecule has 4 aliphatic carbocycles. The van der Waals surface area contributed by atoms with Gasteiger partial charge in [0.25, 0.3) is 0 Å². The number of hydrogen-bond acceptors (Lipinski definition) is 2. The van der Waals surface area contributed by atoms with E-state index < -0.39 is 0 Å². The number of amides is 2. The van der Waals surface area contributed by atoms with Crippen LogP contribution < -0.4 is 0 Å². The molecule has 3 nitrogen and oxygen atoms in total. The van der Waals surface area contributed by atoms with Crippen LogP contribution in [0.2, 0.25) is 0 Å². The topological polar surface area (TPSA) is 37.4 Å². The van der Waals surface area contributed by atoms with Gasteiger partial charge in [0.2, 0.25) is 11.8 Å². The summed E-state index contributed by atoms with van der Waals surface area (Å²) in [5, 5.41) is 0. The van der Waals surface area contributed by atoms with Crippen molar-refractivity contribution in [2.75, 3.05) is 6.54 Å². The number of carbonyl (C=O) groups is 2. The fourth-order valence-corrected chi connectivity index (χ4v) is 5.12. The Morgan fingerprint density at radius 3 is 2.09 bits per heavy atom. The molecule has 6 rings (SSSR count). The van der Waals surface area contributed by atoms with Crippen LogP contribution in [0.3, 0.4) is 0 Å². The summed E-state index contributed by atoms with van der Waals surface area (Å²) < 4.78 is 0. The molecule has 0 N–H and O–H groups in total. The van der Waals surface area contributed by atoms with Gasteiger partial charge >= 0.3 is 0 Å². The van der Waals surface area contributed by atoms with E-state index in [9.17, 15) is 9.59 Å². The van der Waals surface area contributed by atoms with E-state index in [1.165, 1.54) is 12.0 Å². The Morgan fingerprint density at radius 1 is 0.909 bits per heavy atom. The summed E-state index contributed by atoms with van der Waals surface area (Å²) in [5.41, 5.74) is 1.18. The van der Waals surface area contributed by atoms with Crippen molar-refractivity contribution in [3.8, 4) is 0 Å². The minimum atomic E-state index is -0.0537. The standard InChI is InChI=1S/C19H19NO2/c21-18-16-12-6-7-13(15-10-14(12)15)17(16)19(22)20(18)9-8-11-4-2-1-3-5-11/h1-7,12-17H,8-10H2/t12-,13-,14-,15+,16+,17-/m1/s1. The average molecular weight is 293 g/mol. The largest absolute Gasteiger partial charge is 0.282 e. The van der Waals surface area contributed by atoms with Gasteiger partial charge < -0.3 is 0 Å². The highest BCUT2D eigenvalue weighted by atomic mass is 16.2. The first kappa shape index (κ1) is 12.6. The van der Waals surface area contributed by atoms with Gasteiger partial charge in [-0.25, -0.2) is 0 Å². The Hall–Kier alpha value is -1.90. The van der Waals surface area contributed by atoms with Crippen LogP contribution in [0.5, 0.6) is 0 Å². The fourth-order valence-electron chi connectivity index (χ4n) is 5.12.